The van der Waals surface area contributed by atoms with Gasteiger partial charge in [0.25, 0.3) is 0 Å². The lowest BCUT2D eigenvalue weighted by Crippen LogP contribution is -2.40. The summed E-state index contributed by atoms with van der Waals surface area (Å²) in [7, 11) is 3.70. The van der Waals surface area contributed by atoms with Crippen LogP contribution in [0.15, 0.2) is 18.2 Å². The van der Waals surface area contributed by atoms with E-state index in [2.05, 4.69) is 17.3 Å². The molecule has 1 aromatic carbocycles. The van der Waals surface area contributed by atoms with E-state index >= 15 is 0 Å². The Labute approximate surface area is 109 Å². The van der Waals surface area contributed by atoms with Gasteiger partial charge >= 0.3 is 0 Å². The highest BCUT2D eigenvalue weighted by Crippen LogP contribution is 2.30. The molecule has 0 atom stereocenters. The van der Waals surface area contributed by atoms with Crippen molar-refractivity contribution < 1.29 is 9.84 Å². The summed E-state index contributed by atoms with van der Waals surface area (Å²) in [5, 5.41) is 13.4. The molecule has 0 aliphatic carbocycles. The number of rotatable bonds is 4. The van der Waals surface area contributed by atoms with E-state index in [0.29, 0.717) is 11.8 Å². The highest BCUT2D eigenvalue weighted by molar-refractivity contribution is 5.45. The summed E-state index contributed by atoms with van der Waals surface area (Å²) in [6, 6.07) is 6.25. The smallest absolute Gasteiger partial charge is 0.162 e. The molecule has 18 heavy (non-hydrogen) atoms. The number of phenols is 1. The Kier molecular flexibility index (Phi) is 4.44. The molecule has 4 heteroatoms. The average Bonchev–Trinajstić information content (AvgIpc) is 2.42. The van der Waals surface area contributed by atoms with E-state index in [9.17, 15) is 5.11 Å². The lowest BCUT2D eigenvalue weighted by molar-refractivity contribution is 0.189. The maximum atomic E-state index is 10.1. The number of hydrogen-bond acceptors (Lipinski definition) is 4. The summed E-state index contributed by atoms with van der Waals surface area (Å²) >= 11 is 0. The maximum Gasteiger partial charge on any atom is 0.162 e. The van der Waals surface area contributed by atoms with Crippen LogP contribution in [0.5, 0.6) is 11.5 Å². The standard InChI is InChI=1S/C14H22N2O2/c1-16(12-6-8-15-9-7-12)10-11-4-3-5-13(18-2)14(11)17/h3-5,12,15,17H,6-10H2,1-2H3. The Morgan fingerprint density at radius 3 is 2.78 bits per heavy atom. The first-order valence-electron chi connectivity index (χ1n) is 6.48. The number of nitrogens with one attached hydrogen (secondary N) is 1. The third-order valence-electron chi connectivity index (χ3n) is 3.65. The fourth-order valence-electron chi connectivity index (χ4n) is 2.51. The van der Waals surface area contributed by atoms with Crippen molar-refractivity contribution in [1.82, 2.24) is 10.2 Å². The molecule has 0 amide bonds. The van der Waals surface area contributed by atoms with Gasteiger partial charge < -0.3 is 15.2 Å². The second kappa shape index (κ2) is 6.07. The van der Waals surface area contributed by atoms with Crippen LogP contribution in [-0.2, 0) is 6.54 Å². The number of ether oxygens (including phenoxy) is 1. The van der Waals surface area contributed by atoms with Crippen LogP contribution in [0.25, 0.3) is 0 Å². The molecule has 1 aliphatic rings. The van der Waals surface area contributed by atoms with Crippen molar-refractivity contribution in [3.8, 4) is 11.5 Å². The molecule has 0 bridgehead atoms. The van der Waals surface area contributed by atoms with Gasteiger partial charge in [-0.15, -0.1) is 0 Å². The normalized spacial score (nSPS) is 17.1. The van der Waals surface area contributed by atoms with Gasteiger partial charge in [0.1, 0.15) is 0 Å². The lowest BCUT2D eigenvalue weighted by Gasteiger charge is -2.31. The molecule has 1 saturated heterocycles. The number of hydrogen-bond donors (Lipinski definition) is 2. The van der Waals surface area contributed by atoms with Gasteiger partial charge in [0.15, 0.2) is 11.5 Å². The van der Waals surface area contributed by atoms with E-state index in [1.807, 2.05) is 12.1 Å². The van der Waals surface area contributed by atoms with Gasteiger partial charge in [-0.25, -0.2) is 0 Å². The van der Waals surface area contributed by atoms with Gasteiger partial charge in [0, 0.05) is 18.2 Å². The zero-order chi connectivity index (χ0) is 13.0. The SMILES string of the molecule is COc1cccc(CN(C)C2CCNCC2)c1O. The third-order valence-corrected chi connectivity index (χ3v) is 3.65. The number of para-hydroxylation sites is 1. The molecule has 1 aliphatic heterocycles. The topological polar surface area (TPSA) is 44.7 Å². The summed E-state index contributed by atoms with van der Waals surface area (Å²) in [6.07, 6.45) is 2.34. The molecule has 0 spiro atoms. The van der Waals surface area contributed by atoms with Gasteiger partial charge in [-0.3, -0.25) is 4.90 Å². The Balaban J connectivity index is 2.04. The van der Waals surface area contributed by atoms with Crippen molar-refractivity contribution in [1.29, 1.82) is 0 Å². The van der Waals surface area contributed by atoms with E-state index in [-0.39, 0.29) is 5.75 Å². The number of phenolic OH excluding ortho intramolecular Hbond substituents is 1. The highest BCUT2D eigenvalue weighted by Gasteiger charge is 2.19. The summed E-state index contributed by atoms with van der Waals surface area (Å²) in [5.41, 5.74) is 0.926. The zero-order valence-corrected chi connectivity index (χ0v) is 11.1. The van der Waals surface area contributed by atoms with Gasteiger partial charge in [-0.05, 0) is 39.0 Å². The van der Waals surface area contributed by atoms with Crippen molar-refractivity contribution in [2.45, 2.75) is 25.4 Å². The Bertz CT molecular complexity index is 389. The molecule has 1 heterocycles. The molecule has 1 aromatic rings. The summed E-state index contributed by atoms with van der Waals surface area (Å²) in [5.74, 6) is 0.812. The minimum atomic E-state index is 0.265. The van der Waals surface area contributed by atoms with Gasteiger partial charge in [-0.1, -0.05) is 12.1 Å². The number of nitrogens with zero attached hydrogens (tertiary/aromatic N) is 1. The van der Waals surface area contributed by atoms with Gasteiger partial charge in [0.2, 0.25) is 0 Å². The van der Waals surface area contributed by atoms with Crippen LogP contribution in [0.3, 0.4) is 0 Å². The van der Waals surface area contributed by atoms with Crippen LogP contribution in [0.1, 0.15) is 18.4 Å². The Morgan fingerprint density at radius 2 is 2.11 bits per heavy atom. The fraction of sp³-hybridized carbons (Fsp3) is 0.571. The molecule has 1 fully saturated rings. The molecule has 2 N–H and O–H groups in total. The monoisotopic (exact) mass is 250 g/mol. The number of methoxy groups -OCH3 is 1. The van der Waals surface area contributed by atoms with Crippen molar-refractivity contribution in [3.05, 3.63) is 23.8 Å². The van der Waals surface area contributed by atoms with Crippen LogP contribution < -0.4 is 10.1 Å². The Hall–Kier alpha value is -1.26. The van der Waals surface area contributed by atoms with E-state index in [1.54, 1.807) is 13.2 Å². The van der Waals surface area contributed by atoms with E-state index in [1.165, 1.54) is 12.8 Å². The Morgan fingerprint density at radius 1 is 1.39 bits per heavy atom. The van der Waals surface area contributed by atoms with Crippen LogP contribution in [0.4, 0.5) is 0 Å². The average molecular weight is 250 g/mol. The molecule has 0 radical (unpaired) electrons. The van der Waals surface area contributed by atoms with E-state index in [0.717, 1.165) is 25.2 Å². The molecule has 100 valence electrons. The van der Waals surface area contributed by atoms with Crippen molar-refractivity contribution in [2.24, 2.45) is 0 Å². The van der Waals surface area contributed by atoms with Gasteiger partial charge in [0.05, 0.1) is 7.11 Å². The minimum absolute atomic E-state index is 0.265. The quantitative estimate of drug-likeness (QED) is 0.851. The van der Waals surface area contributed by atoms with Crippen LogP contribution in [0.2, 0.25) is 0 Å². The van der Waals surface area contributed by atoms with E-state index < -0.39 is 0 Å². The zero-order valence-electron chi connectivity index (χ0n) is 11.1. The second-order valence-corrected chi connectivity index (χ2v) is 4.86. The van der Waals surface area contributed by atoms with Crippen molar-refractivity contribution in [3.63, 3.8) is 0 Å². The summed E-state index contributed by atoms with van der Waals surface area (Å²) in [6.45, 7) is 2.92. The van der Waals surface area contributed by atoms with E-state index in [4.69, 9.17) is 4.74 Å². The maximum absolute atomic E-state index is 10.1. The fourth-order valence-corrected chi connectivity index (χ4v) is 2.51. The first-order valence-corrected chi connectivity index (χ1v) is 6.48. The molecule has 2 rings (SSSR count). The minimum Gasteiger partial charge on any atom is -0.504 e. The lowest BCUT2D eigenvalue weighted by atomic mass is 10.0. The van der Waals surface area contributed by atoms with Crippen molar-refractivity contribution >= 4 is 0 Å². The first kappa shape index (κ1) is 13.2. The summed E-state index contributed by atoms with van der Waals surface area (Å²) in [4.78, 5) is 2.31. The molecule has 4 nitrogen and oxygen atoms in total. The molecule has 0 saturated carbocycles. The van der Waals surface area contributed by atoms with Crippen LogP contribution >= 0.6 is 0 Å². The molecular weight excluding hydrogens is 228 g/mol. The summed E-state index contributed by atoms with van der Waals surface area (Å²) < 4.78 is 5.13. The molecular formula is C14H22N2O2. The highest BCUT2D eigenvalue weighted by atomic mass is 16.5. The predicted molar refractivity (Wildman–Crippen MR) is 72.0 cm³/mol. The predicted octanol–water partition coefficient (Wildman–Crippen LogP) is 1.58. The van der Waals surface area contributed by atoms with Crippen molar-refractivity contribution in [2.75, 3.05) is 27.2 Å². The largest absolute Gasteiger partial charge is 0.504 e. The van der Waals surface area contributed by atoms with Crippen LogP contribution in [-0.4, -0.2) is 43.3 Å². The number of benzene rings is 1. The molecule has 0 aromatic heterocycles. The second-order valence-electron chi connectivity index (χ2n) is 4.86. The molecule has 0 unspecified atom stereocenters. The number of piperidine rings is 1. The first-order chi connectivity index (χ1) is 8.72. The number of aromatic hydroxyl groups is 1. The third kappa shape index (κ3) is 2.94. The van der Waals surface area contributed by atoms with Gasteiger partial charge in [-0.2, -0.15) is 0 Å². The van der Waals surface area contributed by atoms with Crippen LogP contribution in [0, 0.1) is 0 Å².